The van der Waals surface area contributed by atoms with E-state index in [2.05, 4.69) is 37.1 Å². The Morgan fingerprint density at radius 3 is 2.62 bits per heavy atom. The van der Waals surface area contributed by atoms with E-state index in [0.717, 1.165) is 60.8 Å². The van der Waals surface area contributed by atoms with Gasteiger partial charge in [0.2, 0.25) is 11.9 Å². The highest BCUT2D eigenvalue weighted by molar-refractivity contribution is 6.30. The molecule has 2 N–H and O–H groups in total. The van der Waals surface area contributed by atoms with Crippen LogP contribution in [0, 0.1) is 11.8 Å². The van der Waals surface area contributed by atoms with E-state index in [0.29, 0.717) is 28.9 Å². The van der Waals surface area contributed by atoms with E-state index in [1.165, 1.54) is 25.7 Å². The number of rotatable bonds is 5. The Bertz CT molecular complexity index is 1520. The van der Waals surface area contributed by atoms with Gasteiger partial charge in [-0.25, -0.2) is 14.8 Å². The molecule has 3 atom stereocenters. The lowest BCUT2D eigenvalue weighted by atomic mass is 9.83. The predicted octanol–water partition coefficient (Wildman–Crippen LogP) is 4.81. The Labute approximate surface area is 249 Å². The van der Waals surface area contributed by atoms with E-state index >= 15 is 0 Å². The van der Waals surface area contributed by atoms with Gasteiger partial charge in [-0.3, -0.25) is 15.1 Å². The number of carbonyl (C=O) groups is 2. The van der Waals surface area contributed by atoms with Crippen LogP contribution in [-0.4, -0.2) is 61.6 Å². The summed E-state index contributed by atoms with van der Waals surface area (Å²) in [5.74, 6) is 2.37. The summed E-state index contributed by atoms with van der Waals surface area (Å²) in [6, 6.07) is 4.22. The van der Waals surface area contributed by atoms with Gasteiger partial charge < -0.3 is 19.2 Å². The van der Waals surface area contributed by atoms with Gasteiger partial charge in [-0.1, -0.05) is 31.4 Å². The molecule has 4 aliphatic rings. The zero-order chi connectivity index (χ0) is 29.0. The van der Waals surface area contributed by atoms with Crippen molar-refractivity contribution in [3.8, 4) is 11.3 Å². The molecule has 2 aliphatic heterocycles. The lowest BCUT2D eigenvalue weighted by Gasteiger charge is -2.45. The molecule has 42 heavy (non-hydrogen) atoms. The first-order valence-corrected chi connectivity index (χ1v) is 15.5. The SMILES string of the molecule is CC(=O)N1CCN(c2nc3cc(C4NOC(=O)N4)nc(-c4cncc(Cl)c4)c3n2CC2CCC(C)CC2)[C@@H]2CCC[C@H]21. The second-order valence-corrected chi connectivity index (χ2v) is 12.8. The molecule has 11 nitrogen and oxygen atoms in total. The highest BCUT2D eigenvalue weighted by atomic mass is 35.5. The second-order valence-electron chi connectivity index (χ2n) is 12.4. The van der Waals surface area contributed by atoms with E-state index in [4.69, 9.17) is 26.4 Å². The van der Waals surface area contributed by atoms with Gasteiger partial charge in [0.05, 0.1) is 39.5 Å². The third-order valence-electron chi connectivity index (χ3n) is 9.59. The average Bonchev–Trinajstić information content (AvgIpc) is 3.72. The Kier molecular flexibility index (Phi) is 7.17. The monoisotopic (exact) mass is 592 g/mol. The lowest BCUT2D eigenvalue weighted by molar-refractivity contribution is -0.132. The molecule has 5 heterocycles. The first-order chi connectivity index (χ1) is 20.4. The fraction of sp³-hybridized carbons (Fsp3) is 0.567. The third kappa shape index (κ3) is 4.96. The number of nitrogens with zero attached hydrogens (tertiary/aromatic N) is 6. The summed E-state index contributed by atoms with van der Waals surface area (Å²) in [5, 5.41) is 3.28. The van der Waals surface area contributed by atoms with Crippen LogP contribution in [-0.2, 0) is 16.2 Å². The minimum absolute atomic E-state index is 0.147. The van der Waals surface area contributed by atoms with Crippen LogP contribution < -0.4 is 15.7 Å². The van der Waals surface area contributed by atoms with Gasteiger partial charge in [0.15, 0.2) is 6.17 Å². The fourth-order valence-corrected chi connectivity index (χ4v) is 7.65. The number of amides is 2. The maximum Gasteiger partial charge on any atom is 0.427 e. The first-order valence-electron chi connectivity index (χ1n) is 15.1. The Morgan fingerprint density at radius 1 is 1.07 bits per heavy atom. The normalized spacial score (nSPS) is 27.7. The topological polar surface area (TPSA) is 118 Å². The zero-order valence-electron chi connectivity index (χ0n) is 24.1. The number of piperazine rings is 1. The molecule has 4 fully saturated rings. The van der Waals surface area contributed by atoms with Crippen LogP contribution in [0.5, 0.6) is 0 Å². The first kappa shape index (κ1) is 27.4. The summed E-state index contributed by atoms with van der Waals surface area (Å²) in [5.41, 5.74) is 6.55. The largest absolute Gasteiger partial charge is 0.427 e. The number of carbonyl (C=O) groups excluding carboxylic acids is 2. The van der Waals surface area contributed by atoms with Gasteiger partial charge in [-0.2, -0.15) is 0 Å². The van der Waals surface area contributed by atoms with Crippen LogP contribution in [0.25, 0.3) is 22.3 Å². The maximum atomic E-state index is 12.5. The molecule has 0 radical (unpaired) electrons. The van der Waals surface area contributed by atoms with Gasteiger partial charge >= 0.3 is 6.09 Å². The third-order valence-corrected chi connectivity index (χ3v) is 9.80. The summed E-state index contributed by atoms with van der Waals surface area (Å²) < 4.78 is 2.37. The molecule has 0 bridgehead atoms. The highest BCUT2D eigenvalue weighted by Gasteiger charge is 2.43. The number of aromatic nitrogens is 4. The molecule has 1 unspecified atom stereocenters. The fourth-order valence-electron chi connectivity index (χ4n) is 7.47. The van der Waals surface area contributed by atoms with E-state index in [9.17, 15) is 9.59 Å². The molecule has 2 saturated carbocycles. The van der Waals surface area contributed by atoms with Crippen molar-refractivity contribution in [2.75, 3.05) is 18.0 Å². The van der Waals surface area contributed by atoms with Crippen LogP contribution in [0.2, 0.25) is 5.02 Å². The number of fused-ring (bicyclic) bond motifs is 2. The minimum Gasteiger partial charge on any atom is -0.351 e. The zero-order valence-corrected chi connectivity index (χ0v) is 24.8. The number of anilines is 1. The molecule has 12 heteroatoms. The average molecular weight is 593 g/mol. The number of nitrogens with one attached hydrogen (secondary N) is 2. The van der Waals surface area contributed by atoms with E-state index < -0.39 is 12.3 Å². The van der Waals surface area contributed by atoms with Crippen molar-refractivity contribution < 1.29 is 14.4 Å². The van der Waals surface area contributed by atoms with E-state index in [-0.39, 0.29) is 18.0 Å². The number of pyridine rings is 2. The van der Waals surface area contributed by atoms with Gasteiger partial charge in [0.25, 0.3) is 0 Å². The van der Waals surface area contributed by atoms with Crippen LogP contribution in [0.15, 0.2) is 24.5 Å². The predicted molar refractivity (Wildman–Crippen MR) is 159 cm³/mol. The number of hydrogen-bond donors (Lipinski definition) is 2. The molecule has 222 valence electrons. The summed E-state index contributed by atoms with van der Waals surface area (Å²) >= 11 is 6.43. The quantitative estimate of drug-likeness (QED) is 0.434. The number of hydroxylamine groups is 1. The number of hydrogen-bond acceptors (Lipinski definition) is 8. The molecular formula is C30H37ClN8O3. The van der Waals surface area contributed by atoms with E-state index in [1.54, 1.807) is 19.3 Å². The Morgan fingerprint density at radius 2 is 1.88 bits per heavy atom. The van der Waals surface area contributed by atoms with Crippen molar-refractivity contribution in [3.05, 3.63) is 35.2 Å². The summed E-state index contributed by atoms with van der Waals surface area (Å²) in [4.78, 5) is 48.6. The maximum absolute atomic E-state index is 12.5. The van der Waals surface area contributed by atoms with Crippen molar-refractivity contribution in [2.45, 2.75) is 83.6 Å². The van der Waals surface area contributed by atoms with Gasteiger partial charge in [0.1, 0.15) is 0 Å². The van der Waals surface area contributed by atoms with Gasteiger partial charge in [-0.15, -0.1) is 5.48 Å². The van der Waals surface area contributed by atoms with Crippen molar-refractivity contribution in [1.82, 2.24) is 35.2 Å². The molecule has 3 aromatic heterocycles. The Balaban J connectivity index is 1.40. The molecular weight excluding hydrogens is 556 g/mol. The van der Waals surface area contributed by atoms with E-state index in [1.807, 2.05) is 12.1 Å². The molecule has 2 saturated heterocycles. The number of halogens is 1. The standard InChI is InChI=1S/C30H37ClN8O3/c1-17-6-8-19(9-7-17)16-39-27-22(34-29(39)38-11-10-37(18(2)40)24-4-3-5-25(24)38)13-23(28-35-30(41)42-36-28)33-26(27)20-12-21(31)15-32-14-20/h12-15,17,19,24-25,28,36H,3-11,16H2,1-2H3,(H,35,41)/t17?,19?,24-,25-,28?/m1/s1. The van der Waals surface area contributed by atoms with Crippen LogP contribution in [0.1, 0.15) is 70.7 Å². The van der Waals surface area contributed by atoms with Crippen LogP contribution in [0.4, 0.5) is 10.7 Å². The molecule has 3 aromatic rings. The van der Waals surface area contributed by atoms with Crippen LogP contribution in [0.3, 0.4) is 0 Å². The van der Waals surface area contributed by atoms with Gasteiger partial charge in [0, 0.05) is 44.5 Å². The Hall–Kier alpha value is -3.44. The summed E-state index contributed by atoms with van der Waals surface area (Å²) in [6.45, 7) is 6.28. The molecule has 0 spiro atoms. The highest BCUT2D eigenvalue weighted by Crippen LogP contribution is 2.40. The molecule has 7 rings (SSSR count). The van der Waals surface area contributed by atoms with Crippen molar-refractivity contribution in [2.24, 2.45) is 11.8 Å². The van der Waals surface area contributed by atoms with Gasteiger partial charge in [-0.05, 0) is 56.1 Å². The molecule has 2 aliphatic carbocycles. The lowest BCUT2D eigenvalue weighted by Crippen LogP contribution is -2.59. The molecule has 2 amide bonds. The van der Waals surface area contributed by atoms with Crippen molar-refractivity contribution >= 4 is 40.6 Å². The smallest absolute Gasteiger partial charge is 0.351 e. The minimum atomic E-state index is -0.612. The summed E-state index contributed by atoms with van der Waals surface area (Å²) in [6.07, 6.45) is 10.2. The van der Waals surface area contributed by atoms with Crippen LogP contribution >= 0.6 is 11.6 Å². The number of imidazole rings is 1. The van der Waals surface area contributed by atoms with Crippen molar-refractivity contribution in [3.63, 3.8) is 0 Å². The second kappa shape index (κ2) is 11.0. The molecule has 0 aromatic carbocycles. The summed E-state index contributed by atoms with van der Waals surface area (Å²) in [7, 11) is 0. The van der Waals surface area contributed by atoms with Crippen molar-refractivity contribution in [1.29, 1.82) is 0 Å².